The van der Waals surface area contributed by atoms with Gasteiger partial charge < -0.3 is 10.2 Å². The molecule has 1 saturated heterocycles. The first-order chi connectivity index (χ1) is 11.0. The van der Waals surface area contributed by atoms with Crippen molar-refractivity contribution >= 4 is 33.4 Å². The molecular weight excluding hydrogens is 316 g/mol. The standard InChI is InChI=1S/C15H18N4O3S/c1-9(2)19-5-3-11(15(19)22)17-12(20)7-18-8-16-13-10(14(18)21)4-6-23-13/h4,6,8-9,11H,3,5,7H2,1-2H3,(H,17,20). The van der Waals surface area contributed by atoms with Gasteiger partial charge in [0.15, 0.2) is 0 Å². The van der Waals surface area contributed by atoms with Crippen LogP contribution in [0.5, 0.6) is 0 Å². The van der Waals surface area contributed by atoms with E-state index in [0.29, 0.717) is 23.2 Å². The lowest BCUT2D eigenvalue weighted by atomic mass is 10.2. The topological polar surface area (TPSA) is 84.3 Å². The molecule has 0 saturated carbocycles. The van der Waals surface area contributed by atoms with Gasteiger partial charge in [-0.3, -0.25) is 19.0 Å². The van der Waals surface area contributed by atoms with Crippen molar-refractivity contribution in [2.45, 2.75) is 38.9 Å². The Morgan fingerprint density at radius 3 is 2.96 bits per heavy atom. The van der Waals surface area contributed by atoms with Crippen LogP contribution in [0.3, 0.4) is 0 Å². The number of hydrogen-bond donors (Lipinski definition) is 1. The van der Waals surface area contributed by atoms with Crippen molar-refractivity contribution in [2.75, 3.05) is 6.54 Å². The highest BCUT2D eigenvalue weighted by Gasteiger charge is 2.33. The number of rotatable bonds is 4. The summed E-state index contributed by atoms with van der Waals surface area (Å²) in [5, 5.41) is 5.02. The van der Waals surface area contributed by atoms with Crippen LogP contribution in [0.1, 0.15) is 20.3 Å². The third kappa shape index (κ3) is 2.98. The molecule has 0 bridgehead atoms. The summed E-state index contributed by atoms with van der Waals surface area (Å²) in [7, 11) is 0. The Balaban J connectivity index is 1.68. The zero-order valence-electron chi connectivity index (χ0n) is 13.0. The third-order valence-electron chi connectivity index (χ3n) is 3.96. The highest BCUT2D eigenvalue weighted by atomic mass is 32.1. The van der Waals surface area contributed by atoms with E-state index in [4.69, 9.17) is 0 Å². The predicted molar refractivity (Wildman–Crippen MR) is 87.3 cm³/mol. The Bertz CT molecular complexity index is 810. The maximum Gasteiger partial charge on any atom is 0.262 e. The largest absolute Gasteiger partial charge is 0.343 e. The summed E-state index contributed by atoms with van der Waals surface area (Å²) < 4.78 is 1.27. The molecule has 2 aromatic rings. The van der Waals surface area contributed by atoms with Crippen molar-refractivity contribution in [1.29, 1.82) is 0 Å². The minimum atomic E-state index is -0.501. The average Bonchev–Trinajstić information content (AvgIpc) is 3.10. The third-order valence-corrected chi connectivity index (χ3v) is 4.78. The minimum Gasteiger partial charge on any atom is -0.343 e. The van der Waals surface area contributed by atoms with Crippen molar-refractivity contribution in [3.05, 3.63) is 28.1 Å². The lowest BCUT2D eigenvalue weighted by Gasteiger charge is -2.21. The second-order valence-electron chi connectivity index (χ2n) is 5.85. The van der Waals surface area contributed by atoms with Gasteiger partial charge in [0.25, 0.3) is 5.56 Å². The molecule has 3 heterocycles. The van der Waals surface area contributed by atoms with E-state index in [-0.39, 0.29) is 30.0 Å². The van der Waals surface area contributed by atoms with Crippen LogP contribution >= 0.6 is 11.3 Å². The quantitative estimate of drug-likeness (QED) is 0.887. The van der Waals surface area contributed by atoms with Crippen LogP contribution < -0.4 is 10.9 Å². The average molecular weight is 334 g/mol. The van der Waals surface area contributed by atoms with Gasteiger partial charge >= 0.3 is 0 Å². The second-order valence-corrected chi connectivity index (χ2v) is 6.75. The van der Waals surface area contributed by atoms with E-state index in [9.17, 15) is 14.4 Å². The van der Waals surface area contributed by atoms with Gasteiger partial charge in [-0.1, -0.05) is 0 Å². The smallest absolute Gasteiger partial charge is 0.262 e. The minimum absolute atomic E-state index is 0.0629. The molecule has 1 N–H and O–H groups in total. The van der Waals surface area contributed by atoms with E-state index < -0.39 is 6.04 Å². The predicted octanol–water partition coefficient (Wildman–Crippen LogP) is 0.583. The summed E-state index contributed by atoms with van der Waals surface area (Å²) in [6.45, 7) is 4.40. The number of thiophene rings is 1. The fraction of sp³-hybridized carbons (Fsp3) is 0.467. The van der Waals surface area contributed by atoms with Crippen LogP contribution in [0.15, 0.2) is 22.6 Å². The Labute approximate surface area is 136 Å². The highest BCUT2D eigenvalue weighted by molar-refractivity contribution is 7.16. The van der Waals surface area contributed by atoms with E-state index in [2.05, 4.69) is 10.3 Å². The molecule has 0 aromatic carbocycles. The number of carbonyl (C=O) groups is 2. The molecule has 3 rings (SSSR count). The first-order valence-electron chi connectivity index (χ1n) is 7.50. The van der Waals surface area contributed by atoms with Gasteiger partial charge in [0, 0.05) is 12.6 Å². The van der Waals surface area contributed by atoms with Crippen molar-refractivity contribution in [3.8, 4) is 0 Å². The summed E-state index contributed by atoms with van der Waals surface area (Å²) in [6.07, 6.45) is 1.97. The monoisotopic (exact) mass is 334 g/mol. The van der Waals surface area contributed by atoms with Crippen molar-refractivity contribution in [1.82, 2.24) is 19.8 Å². The molecule has 1 aliphatic rings. The fourth-order valence-electron chi connectivity index (χ4n) is 2.75. The zero-order chi connectivity index (χ0) is 16.6. The lowest BCUT2D eigenvalue weighted by Crippen LogP contribution is -2.44. The second kappa shape index (κ2) is 6.11. The molecule has 0 aliphatic carbocycles. The molecule has 1 fully saturated rings. The van der Waals surface area contributed by atoms with Crippen LogP contribution in [0, 0.1) is 0 Å². The Hall–Kier alpha value is -2.22. The van der Waals surface area contributed by atoms with Gasteiger partial charge in [0.2, 0.25) is 11.8 Å². The van der Waals surface area contributed by atoms with Crippen LogP contribution in [0.2, 0.25) is 0 Å². The molecule has 7 nitrogen and oxygen atoms in total. The summed E-state index contributed by atoms with van der Waals surface area (Å²) in [6, 6.07) is 1.32. The van der Waals surface area contributed by atoms with Crippen molar-refractivity contribution < 1.29 is 9.59 Å². The summed E-state index contributed by atoms with van der Waals surface area (Å²) in [4.78, 5) is 43.1. The lowest BCUT2D eigenvalue weighted by molar-refractivity contribution is -0.133. The van der Waals surface area contributed by atoms with E-state index in [1.165, 1.54) is 22.2 Å². The van der Waals surface area contributed by atoms with Gasteiger partial charge in [-0.05, 0) is 31.7 Å². The Kier molecular flexibility index (Phi) is 4.16. The Morgan fingerprint density at radius 2 is 2.26 bits per heavy atom. The molecule has 2 aromatic heterocycles. The number of hydrogen-bond acceptors (Lipinski definition) is 5. The number of amides is 2. The maximum atomic E-state index is 12.2. The molecule has 0 radical (unpaired) electrons. The van der Waals surface area contributed by atoms with Crippen LogP contribution in [0.4, 0.5) is 0 Å². The first-order valence-corrected chi connectivity index (χ1v) is 8.38. The molecule has 8 heteroatoms. The van der Waals surface area contributed by atoms with Gasteiger partial charge in [-0.25, -0.2) is 4.98 Å². The molecule has 1 unspecified atom stereocenters. The molecule has 0 spiro atoms. The normalized spacial score (nSPS) is 18.1. The fourth-order valence-corrected chi connectivity index (χ4v) is 3.47. The van der Waals surface area contributed by atoms with Crippen LogP contribution in [-0.2, 0) is 16.1 Å². The highest BCUT2D eigenvalue weighted by Crippen LogP contribution is 2.15. The number of carbonyl (C=O) groups excluding carboxylic acids is 2. The zero-order valence-corrected chi connectivity index (χ0v) is 13.8. The number of nitrogens with one attached hydrogen (secondary N) is 1. The molecule has 2 amide bonds. The summed E-state index contributed by atoms with van der Waals surface area (Å²) in [5.41, 5.74) is -0.243. The van der Waals surface area contributed by atoms with Crippen LogP contribution in [0.25, 0.3) is 10.2 Å². The molecule has 122 valence electrons. The first kappa shape index (κ1) is 15.7. The molecular formula is C15H18N4O3S. The van der Waals surface area contributed by atoms with E-state index in [1.54, 1.807) is 16.3 Å². The van der Waals surface area contributed by atoms with Crippen LogP contribution in [-0.4, -0.2) is 44.9 Å². The van der Waals surface area contributed by atoms with Gasteiger partial charge in [-0.2, -0.15) is 0 Å². The number of likely N-dealkylation sites (tertiary alicyclic amines) is 1. The SMILES string of the molecule is CC(C)N1CCC(NC(=O)Cn2cnc3sccc3c2=O)C1=O. The van der Waals surface area contributed by atoms with Gasteiger partial charge in [0.1, 0.15) is 17.4 Å². The van der Waals surface area contributed by atoms with E-state index in [1.807, 2.05) is 13.8 Å². The number of aromatic nitrogens is 2. The number of fused-ring (bicyclic) bond motifs is 1. The van der Waals surface area contributed by atoms with Gasteiger partial charge in [0.05, 0.1) is 11.7 Å². The molecule has 1 aliphatic heterocycles. The Morgan fingerprint density at radius 1 is 1.48 bits per heavy atom. The number of nitrogens with zero attached hydrogens (tertiary/aromatic N) is 3. The maximum absolute atomic E-state index is 12.2. The summed E-state index contributed by atoms with van der Waals surface area (Å²) in [5.74, 6) is -0.417. The van der Waals surface area contributed by atoms with Gasteiger partial charge in [-0.15, -0.1) is 11.3 Å². The van der Waals surface area contributed by atoms with E-state index >= 15 is 0 Å². The molecule has 23 heavy (non-hydrogen) atoms. The summed E-state index contributed by atoms with van der Waals surface area (Å²) >= 11 is 1.38. The molecule has 1 atom stereocenters. The van der Waals surface area contributed by atoms with E-state index in [0.717, 1.165) is 0 Å². The van der Waals surface area contributed by atoms with Crippen molar-refractivity contribution in [3.63, 3.8) is 0 Å². The van der Waals surface area contributed by atoms with Crippen molar-refractivity contribution in [2.24, 2.45) is 0 Å².